The topological polar surface area (TPSA) is 98.8 Å². The molecule has 0 aliphatic carbocycles. The minimum Gasteiger partial charge on any atom is -0.465 e. The van der Waals surface area contributed by atoms with E-state index in [0.717, 1.165) is 0 Å². The van der Waals surface area contributed by atoms with Crippen molar-refractivity contribution in [1.29, 1.82) is 10.5 Å². The minimum atomic E-state index is -0.435. The number of aryl methyl sites for hydroxylation is 1. The molecule has 0 bridgehead atoms. The van der Waals surface area contributed by atoms with Gasteiger partial charge in [0.1, 0.15) is 17.0 Å². The first kappa shape index (κ1) is 14.5. The molecule has 0 fully saturated rings. The molecular formula is C14H10N4O2S. The summed E-state index contributed by atoms with van der Waals surface area (Å²) in [5.41, 5.74) is 1.79. The molecule has 0 radical (unpaired) electrons. The van der Waals surface area contributed by atoms with Crippen LogP contribution >= 0.6 is 11.3 Å². The Morgan fingerprint density at radius 3 is 2.67 bits per heavy atom. The third-order valence-corrected chi connectivity index (χ3v) is 3.73. The second-order valence-electron chi connectivity index (χ2n) is 4.03. The van der Waals surface area contributed by atoms with Crippen molar-refractivity contribution in [3.05, 3.63) is 39.9 Å². The molecule has 0 unspecified atom stereocenters. The van der Waals surface area contributed by atoms with Gasteiger partial charge in [-0.3, -0.25) is 0 Å². The number of nitrogens with one attached hydrogen (secondary N) is 1. The maximum absolute atomic E-state index is 11.5. The Hall–Kier alpha value is -2.90. The van der Waals surface area contributed by atoms with Crippen LogP contribution in [0.1, 0.15) is 26.5 Å². The Kier molecular flexibility index (Phi) is 4.17. The van der Waals surface area contributed by atoms with Crippen LogP contribution in [-0.4, -0.2) is 18.1 Å². The number of rotatable bonds is 3. The van der Waals surface area contributed by atoms with Crippen molar-refractivity contribution in [2.45, 2.75) is 6.92 Å². The number of hydrogen-bond acceptors (Lipinski definition) is 7. The van der Waals surface area contributed by atoms with Crippen LogP contribution in [0.3, 0.4) is 0 Å². The molecule has 0 saturated heterocycles. The minimum absolute atomic E-state index is 0.281. The Bertz CT molecular complexity index is 783. The largest absolute Gasteiger partial charge is 0.465 e. The number of thiazole rings is 1. The van der Waals surface area contributed by atoms with Crippen LogP contribution in [-0.2, 0) is 4.74 Å². The first-order valence-corrected chi connectivity index (χ1v) is 6.67. The lowest BCUT2D eigenvalue weighted by Crippen LogP contribution is -1.99. The number of benzene rings is 1. The monoisotopic (exact) mass is 298 g/mol. The predicted octanol–water partition coefficient (Wildman–Crippen LogP) is 2.73. The fourth-order valence-corrected chi connectivity index (χ4v) is 2.57. The molecule has 0 spiro atoms. The standard InChI is InChI=1S/C14H10N4O2S/c1-8-12(13(19)20-2)21-14(17-8)18-11-4-3-9(6-15)10(5-11)7-16/h3-5H,1-2H3,(H,17,18). The van der Waals surface area contributed by atoms with Crippen LogP contribution in [0.4, 0.5) is 10.8 Å². The number of hydrogen-bond donors (Lipinski definition) is 1. The molecule has 0 atom stereocenters. The molecule has 1 heterocycles. The van der Waals surface area contributed by atoms with Gasteiger partial charge in [0, 0.05) is 5.69 Å². The van der Waals surface area contributed by atoms with E-state index in [0.29, 0.717) is 27.0 Å². The van der Waals surface area contributed by atoms with E-state index in [1.165, 1.54) is 18.4 Å². The van der Waals surface area contributed by atoms with Gasteiger partial charge >= 0.3 is 5.97 Å². The number of nitrogens with zero attached hydrogens (tertiary/aromatic N) is 3. The van der Waals surface area contributed by atoms with Gasteiger partial charge in [0.05, 0.1) is 23.9 Å². The maximum Gasteiger partial charge on any atom is 0.350 e. The number of methoxy groups -OCH3 is 1. The highest BCUT2D eigenvalue weighted by atomic mass is 32.1. The summed E-state index contributed by atoms with van der Waals surface area (Å²) in [6.45, 7) is 1.72. The van der Waals surface area contributed by atoms with Crippen molar-refractivity contribution >= 4 is 28.1 Å². The van der Waals surface area contributed by atoms with Gasteiger partial charge < -0.3 is 10.1 Å². The van der Waals surface area contributed by atoms with E-state index in [9.17, 15) is 4.79 Å². The van der Waals surface area contributed by atoms with Gasteiger partial charge in [0.2, 0.25) is 0 Å². The Balaban J connectivity index is 2.29. The smallest absolute Gasteiger partial charge is 0.350 e. The third-order valence-electron chi connectivity index (χ3n) is 2.68. The fourth-order valence-electron chi connectivity index (χ4n) is 1.67. The van der Waals surface area contributed by atoms with E-state index in [1.54, 1.807) is 25.1 Å². The average molecular weight is 298 g/mol. The maximum atomic E-state index is 11.5. The normalized spacial score (nSPS) is 9.52. The van der Waals surface area contributed by atoms with Crippen LogP contribution in [0.2, 0.25) is 0 Å². The number of nitriles is 2. The van der Waals surface area contributed by atoms with E-state index < -0.39 is 5.97 Å². The molecule has 0 amide bonds. The van der Waals surface area contributed by atoms with E-state index in [4.69, 9.17) is 10.5 Å². The molecule has 21 heavy (non-hydrogen) atoms. The van der Waals surface area contributed by atoms with E-state index in [2.05, 4.69) is 15.0 Å². The number of anilines is 2. The Labute approximate surface area is 125 Å². The molecule has 6 nitrogen and oxygen atoms in total. The van der Waals surface area contributed by atoms with Crippen LogP contribution in [0.15, 0.2) is 18.2 Å². The van der Waals surface area contributed by atoms with E-state index >= 15 is 0 Å². The van der Waals surface area contributed by atoms with Gasteiger partial charge in [-0.2, -0.15) is 10.5 Å². The Morgan fingerprint density at radius 2 is 2.05 bits per heavy atom. The van der Waals surface area contributed by atoms with Gasteiger partial charge in [0.15, 0.2) is 5.13 Å². The van der Waals surface area contributed by atoms with Gasteiger partial charge in [-0.15, -0.1) is 0 Å². The molecule has 104 valence electrons. The summed E-state index contributed by atoms with van der Waals surface area (Å²) in [5.74, 6) is -0.435. The van der Waals surface area contributed by atoms with Crippen LogP contribution < -0.4 is 5.32 Å². The highest BCUT2D eigenvalue weighted by molar-refractivity contribution is 7.17. The summed E-state index contributed by atoms with van der Waals surface area (Å²) in [4.78, 5) is 16.2. The molecule has 2 aromatic rings. The summed E-state index contributed by atoms with van der Waals surface area (Å²) < 4.78 is 4.67. The first-order chi connectivity index (χ1) is 10.1. The molecule has 1 N–H and O–H groups in total. The lowest BCUT2D eigenvalue weighted by molar-refractivity contribution is 0.0605. The van der Waals surface area contributed by atoms with Crippen molar-refractivity contribution in [1.82, 2.24) is 4.98 Å². The Morgan fingerprint density at radius 1 is 1.33 bits per heavy atom. The SMILES string of the molecule is COC(=O)c1sc(Nc2ccc(C#N)c(C#N)c2)nc1C. The van der Waals surface area contributed by atoms with Gasteiger partial charge in [0.25, 0.3) is 0 Å². The van der Waals surface area contributed by atoms with Crippen LogP contribution in [0.5, 0.6) is 0 Å². The zero-order valence-electron chi connectivity index (χ0n) is 11.3. The third kappa shape index (κ3) is 2.99. The number of carbonyl (C=O) groups is 1. The number of aromatic nitrogens is 1. The molecular weight excluding hydrogens is 288 g/mol. The summed E-state index contributed by atoms with van der Waals surface area (Å²) in [5, 5.41) is 21.4. The molecule has 1 aromatic carbocycles. The van der Waals surface area contributed by atoms with Crippen LogP contribution in [0, 0.1) is 29.6 Å². The van der Waals surface area contributed by atoms with Gasteiger partial charge in [-0.25, -0.2) is 9.78 Å². The van der Waals surface area contributed by atoms with Gasteiger partial charge in [-0.05, 0) is 25.1 Å². The molecule has 7 heteroatoms. The molecule has 0 aliphatic rings. The summed E-state index contributed by atoms with van der Waals surface area (Å²) >= 11 is 1.17. The predicted molar refractivity (Wildman–Crippen MR) is 77.3 cm³/mol. The number of esters is 1. The summed E-state index contributed by atoms with van der Waals surface area (Å²) in [7, 11) is 1.31. The highest BCUT2D eigenvalue weighted by Crippen LogP contribution is 2.27. The number of carbonyl (C=O) groups excluding carboxylic acids is 1. The van der Waals surface area contributed by atoms with E-state index in [-0.39, 0.29) is 5.56 Å². The molecule has 0 aliphatic heterocycles. The van der Waals surface area contributed by atoms with Crippen molar-refractivity contribution in [2.24, 2.45) is 0 Å². The summed E-state index contributed by atoms with van der Waals surface area (Å²) in [6.07, 6.45) is 0. The molecule has 0 saturated carbocycles. The quantitative estimate of drug-likeness (QED) is 0.875. The molecule has 1 aromatic heterocycles. The second kappa shape index (κ2) is 6.04. The zero-order valence-corrected chi connectivity index (χ0v) is 12.1. The van der Waals surface area contributed by atoms with Gasteiger partial charge in [-0.1, -0.05) is 11.3 Å². The summed E-state index contributed by atoms with van der Waals surface area (Å²) in [6, 6.07) is 8.71. The zero-order chi connectivity index (χ0) is 15.4. The number of ether oxygens (including phenoxy) is 1. The second-order valence-corrected chi connectivity index (χ2v) is 5.03. The van der Waals surface area contributed by atoms with Crippen LogP contribution in [0.25, 0.3) is 0 Å². The lowest BCUT2D eigenvalue weighted by atomic mass is 10.1. The van der Waals surface area contributed by atoms with Crippen molar-refractivity contribution in [3.63, 3.8) is 0 Å². The molecule has 2 rings (SSSR count). The lowest BCUT2D eigenvalue weighted by Gasteiger charge is -2.03. The fraction of sp³-hybridized carbons (Fsp3) is 0.143. The van der Waals surface area contributed by atoms with Crippen molar-refractivity contribution < 1.29 is 9.53 Å². The van der Waals surface area contributed by atoms with Crippen molar-refractivity contribution in [3.8, 4) is 12.1 Å². The van der Waals surface area contributed by atoms with E-state index in [1.807, 2.05) is 12.1 Å². The van der Waals surface area contributed by atoms with Crippen molar-refractivity contribution in [2.75, 3.05) is 12.4 Å². The highest BCUT2D eigenvalue weighted by Gasteiger charge is 2.15. The average Bonchev–Trinajstić information content (AvgIpc) is 2.86. The first-order valence-electron chi connectivity index (χ1n) is 5.86.